The Morgan fingerprint density at radius 1 is 1.17 bits per heavy atom. The lowest BCUT2D eigenvalue weighted by Gasteiger charge is -2.10. The zero-order valence-electron chi connectivity index (χ0n) is 13.7. The van der Waals surface area contributed by atoms with E-state index < -0.39 is 0 Å². The zero-order valence-corrected chi connectivity index (χ0v) is 14.5. The smallest absolute Gasteiger partial charge is 0.224 e. The van der Waals surface area contributed by atoms with Crippen LogP contribution in [0.15, 0.2) is 36.4 Å². The molecule has 0 bridgehead atoms. The first-order valence-corrected chi connectivity index (χ1v) is 7.29. The summed E-state index contributed by atoms with van der Waals surface area (Å²) in [5.41, 5.74) is 10.7. The summed E-state index contributed by atoms with van der Waals surface area (Å²) >= 11 is 0. The van der Waals surface area contributed by atoms with Crippen molar-refractivity contribution in [3.8, 4) is 5.75 Å². The van der Waals surface area contributed by atoms with Crippen LogP contribution in [-0.4, -0.2) is 13.0 Å². The van der Waals surface area contributed by atoms with E-state index in [4.69, 9.17) is 10.5 Å². The monoisotopic (exact) mass is 334 g/mol. The maximum atomic E-state index is 12.0. The Morgan fingerprint density at radius 3 is 2.52 bits per heavy atom. The summed E-state index contributed by atoms with van der Waals surface area (Å²) in [6, 6.07) is 11.5. The van der Waals surface area contributed by atoms with E-state index in [0.717, 1.165) is 6.42 Å². The number of anilines is 2. The second kappa shape index (κ2) is 8.44. The number of ether oxygens (including phenoxy) is 1. The number of halogens is 1. The van der Waals surface area contributed by atoms with Crippen LogP contribution in [-0.2, 0) is 11.2 Å². The summed E-state index contributed by atoms with van der Waals surface area (Å²) in [6.45, 7) is 4.14. The first kappa shape index (κ1) is 18.8. The van der Waals surface area contributed by atoms with Crippen LogP contribution in [0.2, 0.25) is 0 Å². The fraction of sp³-hybridized carbons (Fsp3) is 0.278. The molecular weight excluding hydrogens is 312 g/mol. The molecule has 0 saturated carbocycles. The van der Waals surface area contributed by atoms with Crippen LogP contribution in [0.5, 0.6) is 5.75 Å². The molecule has 0 fully saturated rings. The lowest BCUT2D eigenvalue weighted by atomic mass is 10.0. The molecule has 1 amide bonds. The SMILES string of the molecule is COc1ccc(NC(=O)CCc2ccc(C)cc2C)cc1N.Cl. The third-order valence-electron chi connectivity index (χ3n) is 3.63. The molecule has 2 aromatic carbocycles. The third kappa shape index (κ3) is 5.18. The topological polar surface area (TPSA) is 64.3 Å². The number of nitrogen functional groups attached to an aromatic ring is 1. The number of benzene rings is 2. The van der Waals surface area contributed by atoms with E-state index >= 15 is 0 Å². The van der Waals surface area contributed by atoms with Crippen molar-refractivity contribution >= 4 is 29.7 Å². The highest BCUT2D eigenvalue weighted by Crippen LogP contribution is 2.24. The molecule has 0 saturated heterocycles. The minimum atomic E-state index is -0.0236. The number of rotatable bonds is 5. The molecule has 0 aliphatic rings. The molecule has 0 radical (unpaired) electrons. The van der Waals surface area contributed by atoms with E-state index in [2.05, 4.69) is 37.4 Å². The van der Waals surface area contributed by atoms with Crippen molar-refractivity contribution in [1.82, 2.24) is 0 Å². The molecule has 0 aliphatic heterocycles. The van der Waals surface area contributed by atoms with Crippen LogP contribution in [0.4, 0.5) is 11.4 Å². The number of amides is 1. The van der Waals surface area contributed by atoms with E-state index in [0.29, 0.717) is 23.5 Å². The Labute approximate surface area is 143 Å². The van der Waals surface area contributed by atoms with Crippen LogP contribution in [0.1, 0.15) is 23.1 Å². The molecule has 4 nitrogen and oxygen atoms in total. The minimum Gasteiger partial charge on any atom is -0.495 e. The van der Waals surface area contributed by atoms with Crippen molar-refractivity contribution in [3.63, 3.8) is 0 Å². The Bertz CT molecular complexity index is 687. The van der Waals surface area contributed by atoms with Crippen LogP contribution in [0.3, 0.4) is 0 Å². The van der Waals surface area contributed by atoms with E-state index in [1.807, 2.05) is 0 Å². The maximum Gasteiger partial charge on any atom is 0.224 e. The van der Waals surface area contributed by atoms with Gasteiger partial charge in [-0.3, -0.25) is 4.79 Å². The Kier molecular flexibility index (Phi) is 6.91. The molecule has 0 unspecified atom stereocenters. The summed E-state index contributed by atoms with van der Waals surface area (Å²) in [4.78, 5) is 12.0. The van der Waals surface area contributed by atoms with Gasteiger partial charge in [-0.2, -0.15) is 0 Å². The second-order valence-electron chi connectivity index (χ2n) is 5.43. The minimum absolute atomic E-state index is 0. The van der Waals surface area contributed by atoms with E-state index in [1.165, 1.54) is 16.7 Å². The molecule has 0 atom stereocenters. The van der Waals surface area contributed by atoms with Gasteiger partial charge >= 0.3 is 0 Å². The van der Waals surface area contributed by atoms with Gasteiger partial charge in [-0.15, -0.1) is 12.4 Å². The van der Waals surface area contributed by atoms with Gasteiger partial charge < -0.3 is 15.8 Å². The van der Waals surface area contributed by atoms with Gasteiger partial charge in [-0.05, 0) is 49.6 Å². The molecular formula is C18H23ClN2O2. The number of nitrogens with two attached hydrogens (primary N) is 1. The molecule has 2 rings (SSSR count). The molecule has 2 aromatic rings. The van der Waals surface area contributed by atoms with Gasteiger partial charge in [-0.25, -0.2) is 0 Å². The van der Waals surface area contributed by atoms with Gasteiger partial charge in [0.15, 0.2) is 0 Å². The summed E-state index contributed by atoms with van der Waals surface area (Å²) in [6.07, 6.45) is 1.17. The molecule has 3 N–H and O–H groups in total. The van der Waals surface area contributed by atoms with Gasteiger partial charge in [0, 0.05) is 12.1 Å². The third-order valence-corrected chi connectivity index (χ3v) is 3.63. The molecule has 0 heterocycles. The van der Waals surface area contributed by atoms with Gasteiger partial charge in [0.25, 0.3) is 0 Å². The summed E-state index contributed by atoms with van der Waals surface area (Å²) in [5, 5.41) is 2.86. The van der Waals surface area contributed by atoms with Crippen LogP contribution in [0, 0.1) is 13.8 Å². The van der Waals surface area contributed by atoms with Crippen LogP contribution >= 0.6 is 12.4 Å². The Balaban J connectivity index is 0.00000264. The van der Waals surface area contributed by atoms with Crippen molar-refractivity contribution < 1.29 is 9.53 Å². The van der Waals surface area contributed by atoms with E-state index in [-0.39, 0.29) is 18.3 Å². The first-order chi connectivity index (χ1) is 10.5. The van der Waals surface area contributed by atoms with Crippen molar-refractivity contribution in [2.75, 3.05) is 18.2 Å². The van der Waals surface area contributed by atoms with Crippen molar-refractivity contribution in [2.45, 2.75) is 26.7 Å². The molecule has 0 aromatic heterocycles. The lowest BCUT2D eigenvalue weighted by Crippen LogP contribution is -2.13. The highest BCUT2D eigenvalue weighted by Gasteiger charge is 2.07. The largest absolute Gasteiger partial charge is 0.495 e. The van der Waals surface area contributed by atoms with Crippen LogP contribution in [0.25, 0.3) is 0 Å². The molecule has 23 heavy (non-hydrogen) atoms. The fourth-order valence-corrected chi connectivity index (χ4v) is 2.41. The van der Waals surface area contributed by atoms with Crippen molar-refractivity contribution in [3.05, 3.63) is 53.1 Å². The number of carbonyl (C=O) groups is 1. The second-order valence-corrected chi connectivity index (χ2v) is 5.43. The molecule has 0 aliphatic carbocycles. The number of hydrogen-bond donors (Lipinski definition) is 2. The summed E-state index contributed by atoms with van der Waals surface area (Å²) in [5.74, 6) is 0.581. The predicted molar refractivity (Wildman–Crippen MR) is 97.5 cm³/mol. The highest BCUT2D eigenvalue weighted by atomic mass is 35.5. The molecule has 5 heteroatoms. The average molecular weight is 335 g/mol. The lowest BCUT2D eigenvalue weighted by molar-refractivity contribution is -0.116. The number of carbonyl (C=O) groups excluding carboxylic acids is 1. The van der Waals surface area contributed by atoms with Crippen molar-refractivity contribution in [1.29, 1.82) is 0 Å². The summed E-state index contributed by atoms with van der Waals surface area (Å²) in [7, 11) is 1.56. The molecule has 0 spiro atoms. The van der Waals surface area contributed by atoms with Gasteiger partial charge in [0.2, 0.25) is 5.91 Å². The van der Waals surface area contributed by atoms with Gasteiger partial charge in [0.05, 0.1) is 12.8 Å². The Hall–Kier alpha value is -2.20. The zero-order chi connectivity index (χ0) is 16.1. The average Bonchev–Trinajstić information content (AvgIpc) is 2.46. The normalized spacial score (nSPS) is 9.87. The summed E-state index contributed by atoms with van der Waals surface area (Å²) < 4.78 is 5.10. The fourth-order valence-electron chi connectivity index (χ4n) is 2.41. The van der Waals surface area contributed by atoms with E-state index in [1.54, 1.807) is 25.3 Å². The maximum absolute atomic E-state index is 12.0. The van der Waals surface area contributed by atoms with Gasteiger partial charge in [-0.1, -0.05) is 23.8 Å². The number of nitrogens with one attached hydrogen (secondary N) is 1. The number of aryl methyl sites for hydroxylation is 3. The van der Waals surface area contributed by atoms with Crippen molar-refractivity contribution in [2.24, 2.45) is 0 Å². The molecule has 124 valence electrons. The predicted octanol–water partition coefficient (Wildman–Crippen LogP) is 3.89. The number of methoxy groups -OCH3 is 1. The quantitative estimate of drug-likeness (QED) is 0.815. The van der Waals surface area contributed by atoms with E-state index in [9.17, 15) is 4.79 Å². The van der Waals surface area contributed by atoms with Gasteiger partial charge in [0.1, 0.15) is 5.75 Å². The van der Waals surface area contributed by atoms with Crippen LogP contribution < -0.4 is 15.8 Å². The Morgan fingerprint density at radius 2 is 1.91 bits per heavy atom. The number of hydrogen-bond acceptors (Lipinski definition) is 3. The standard InChI is InChI=1S/C18H22N2O2.ClH/c1-12-4-5-14(13(2)10-12)6-9-18(21)20-15-7-8-17(22-3)16(19)11-15;/h4-5,7-8,10-11H,6,9,19H2,1-3H3,(H,20,21);1H. The highest BCUT2D eigenvalue weighted by molar-refractivity contribution is 5.91. The first-order valence-electron chi connectivity index (χ1n) is 7.29.